The second-order valence-corrected chi connectivity index (χ2v) is 1.45. The van der Waals surface area contributed by atoms with Gasteiger partial charge in [-0.1, -0.05) is 6.08 Å². The Morgan fingerprint density at radius 1 is 1.08 bits per heavy atom. The lowest BCUT2D eigenvalue weighted by Gasteiger charge is -1.59. The van der Waals surface area contributed by atoms with E-state index in [0.717, 1.165) is 13.8 Å². The van der Waals surface area contributed by atoms with Gasteiger partial charge in [0.05, 0.1) is 0 Å². The molecule has 0 saturated carbocycles. The lowest BCUT2D eigenvalue weighted by Crippen LogP contribution is -1.78. The summed E-state index contributed by atoms with van der Waals surface area (Å²) >= 11 is 0. The summed E-state index contributed by atoms with van der Waals surface area (Å²) in [5.41, 5.74) is 0. The molecule has 13 heavy (non-hydrogen) atoms. The van der Waals surface area contributed by atoms with Gasteiger partial charge in [-0.3, -0.25) is 9.59 Å². The van der Waals surface area contributed by atoms with E-state index >= 15 is 0 Å². The van der Waals surface area contributed by atoms with E-state index in [9.17, 15) is 0 Å². The van der Waals surface area contributed by atoms with Crippen molar-refractivity contribution in [2.24, 2.45) is 0 Å². The minimum absolute atomic E-state index is 0. The Hall–Kier alpha value is -1.40. The molecule has 82 valence electrons. The maximum Gasteiger partial charge on any atom is 0.300 e. The van der Waals surface area contributed by atoms with Crippen LogP contribution in [0.2, 0.25) is 0 Å². The predicted octanol–water partition coefficient (Wildman–Crippen LogP) is 1.70. The molecule has 0 bridgehead atoms. The monoisotopic (exact) mass is 196 g/mol. The fraction of sp³-hybridized carbons (Fsp3) is 0.429. The lowest BCUT2D eigenvalue weighted by molar-refractivity contribution is -0.135. The van der Waals surface area contributed by atoms with Gasteiger partial charge < -0.3 is 22.5 Å². The number of carboxylic acid groups (broad SMARTS) is 2. The van der Waals surface area contributed by atoms with Gasteiger partial charge in [-0.15, -0.1) is 6.58 Å². The third-order valence-corrected chi connectivity index (χ3v) is 0. The molecular weight excluding hydrogens is 176 g/mol. The van der Waals surface area contributed by atoms with E-state index in [0.29, 0.717) is 0 Å². The smallest absolute Gasteiger partial charge is 0.300 e. The van der Waals surface area contributed by atoms with Crippen molar-refractivity contribution in [3.05, 3.63) is 12.7 Å². The minimum Gasteiger partial charge on any atom is -0.481 e. The van der Waals surface area contributed by atoms with E-state index in [1.165, 1.54) is 0 Å². The number of carbonyl (C=O) groups is 2. The van der Waals surface area contributed by atoms with Crippen molar-refractivity contribution in [2.75, 3.05) is 0 Å². The fourth-order valence-corrected chi connectivity index (χ4v) is 0. The van der Waals surface area contributed by atoms with Crippen LogP contribution in [0.1, 0.15) is 20.8 Å². The van der Waals surface area contributed by atoms with Crippen LogP contribution in [0.4, 0.5) is 0 Å². The number of hydrogen-bond acceptors (Lipinski definition) is 4. The third kappa shape index (κ3) is 400. The zero-order valence-electron chi connectivity index (χ0n) is 8.41. The summed E-state index contributed by atoms with van der Waals surface area (Å²) in [5.74, 6) is -1.67. The second kappa shape index (κ2) is 31.2. The van der Waals surface area contributed by atoms with Crippen molar-refractivity contribution in [1.82, 2.24) is 12.3 Å². The predicted molar refractivity (Wildman–Crippen MR) is 52.5 cm³/mol. The molecule has 0 spiro atoms. The summed E-state index contributed by atoms with van der Waals surface area (Å²) in [6, 6.07) is 0. The number of carboxylic acids is 2. The summed E-state index contributed by atoms with van der Waals surface area (Å²) < 4.78 is 0. The largest absolute Gasteiger partial charge is 0.481 e. The highest BCUT2D eigenvalue weighted by Gasteiger charge is 1.65. The van der Waals surface area contributed by atoms with Crippen molar-refractivity contribution in [3.63, 3.8) is 0 Å². The standard InChI is InChI=1S/C3H6.2C2H4O2.2H3N/c1-3-2;2*1-2(3)4;;/h3H,1H2,2H3;2*1H3,(H,3,4);2*1H3. The van der Waals surface area contributed by atoms with Crippen LogP contribution in [0.15, 0.2) is 12.7 Å². The van der Waals surface area contributed by atoms with Gasteiger partial charge >= 0.3 is 0 Å². The van der Waals surface area contributed by atoms with Gasteiger partial charge in [0.25, 0.3) is 11.9 Å². The summed E-state index contributed by atoms with van der Waals surface area (Å²) in [4.78, 5) is 18.0. The molecule has 0 saturated heterocycles. The van der Waals surface area contributed by atoms with Gasteiger partial charge in [-0.25, -0.2) is 0 Å². The van der Waals surface area contributed by atoms with Gasteiger partial charge in [0.15, 0.2) is 0 Å². The fourth-order valence-electron chi connectivity index (χ4n) is 0. The maximum atomic E-state index is 9.00. The first-order chi connectivity index (χ1) is 4.88. The Balaban J connectivity index is -0.0000000231. The van der Waals surface area contributed by atoms with Crippen LogP contribution in [0, 0.1) is 0 Å². The van der Waals surface area contributed by atoms with Crippen LogP contribution in [-0.4, -0.2) is 22.2 Å². The highest BCUT2D eigenvalue weighted by atomic mass is 16.4. The molecule has 0 aromatic rings. The van der Waals surface area contributed by atoms with Crippen molar-refractivity contribution in [3.8, 4) is 0 Å². The molecule has 6 heteroatoms. The molecule has 0 aromatic carbocycles. The van der Waals surface area contributed by atoms with Crippen molar-refractivity contribution < 1.29 is 19.8 Å². The van der Waals surface area contributed by atoms with Crippen LogP contribution in [0.25, 0.3) is 0 Å². The Labute approximate surface area is 78.4 Å². The van der Waals surface area contributed by atoms with E-state index < -0.39 is 11.9 Å². The first-order valence-corrected chi connectivity index (χ1v) is 2.84. The first kappa shape index (κ1) is 29.9. The van der Waals surface area contributed by atoms with Crippen LogP contribution in [0.3, 0.4) is 0 Å². The molecule has 0 unspecified atom stereocenters. The molecule has 0 aromatic heterocycles. The first-order valence-electron chi connectivity index (χ1n) is 2.84. The van der Waals surface area contributed by atoms with Crippen LogP contribution >= 0.6 is 0 Å². The molecule has 0 aliphatic carbocycles. The maximum absolute atomic E-state index is 9.00. The molecule has 8 N–H and O–H groups in total. The van der Waals surface area contributed by atoms with Gasteiger partial charge in [-0.05, 0) is 6.92 Å². The SMILES string of the molecule is C=CC.CC(=O)O.CC(=O)O.N.N. The molecule has 0 aliphatic rings. The average molecular weight is 196 g/mol. The van der Waals surface area contributed by atoms with E-state index in [2.05, 4.69) is 6.58 Å². The summed E-state index contributed by atoms with van der Waals surface area (Å²) in [7, 11) is 0. The van der Waals surface area contributed by atoms with Gasteiger partial charge in [-0.2, -0.15) is 0 Å². The van der Waals surface area contributed by atoms with E-state index in [-0.39, 0.29) is 12.3 Å². The van der Waals surface area contributed by atoms with Gasteiger partial charge in [0.2, 0.25) is 0 Å². The lowest BCUT2D eigenvalue weighted by atomic mass is 10.8. The molecule has 0 aliphatic heterocycles. The molecule has 0 atom stereocenters. The number of rotatable bonds is 0. The zero-order chi connectivity index (χ0) is 9.86. The van der Waals surface area contributed by atoms with E-state index in [1.54, 1.807) is 6.08 Å². The molecule has 0 fully saturated rings. The van der Waals surface area contributed by atoms with Crippen molar-refractivity contribution in [1.29, 1.82) is 0 Å². The van der Waals surface area contributed by atoms with E-state index in [4.69, 9.17) is 19.8 Å². The average Bonchev–Trinajstić information content (AvgIpc) is 1.60. The van der Waals surface area contributed by atoms with E-state index in [1.807, 2.05) is 6.92 Å². The minimum atomic E-state index is -0.833. The molecule has 0 radical (unpaired) electrons. The Bertz CT molecular complexity index is 106. The highest BCUT2D eigenvalue weighted by Crippen LogP contribution is 1.42. The quantitative estimate of drug-likeness (QED) is 0.434. The Morgan fingerprint density at radius 2 is 1.08 bits per heavy atom. The van der Waals surface area contributed by atoms with Crippen molar-refractivity contribution >= 4 is 11.9 Å². The zero-order valence-corrected chi connectivity index (χ0v) is 8.41. The molecule has 0 amide bonds. The topological polar surface area (TPSA) is 145 Å². The normalized spacial score (nSPS) is 4.85. The number of hydrogen-bond donors (Lipinski definition) is 4. The van der Waals surface area contributed by atoms with Gasteiger partial charge in [0.1, 0.15) is 0 Å². The molecule has 6 nitrogen and oxygen atoms in total. The highest BCUT2D eigenvalue weighted by molar-refractivity contribution is 5.63. The number of allylic oxidation sites excluding steroid dienone is 1. The Kier molecular flexibility index (Phi) is 71.7. The summed E-state index contributed by atoms with van der Waals surface area (Å²) in [5, 5.41) is 14.8. The third-order valence-electron chi connectivity index (χ3n) is 0. The molecular formula is C7H20N2O4. The van der Waals surface area contributed by atoms with Crippen molar-refractivity contribution in [2.45, 2.75) is 20.8 Å². The van der Waals surface area contributed by atoms with Crippen LogP contribution in [0.5, 0.6) is 0 Å². The van der Waals surface area contributed by atoms with Crippen LogP contribution in [-0.2, 0) is 9.59 Å². The summed E-state index contributed by atoms with van der Waals surface area (Å²) in [6.45, 7) is 7.42. The summed E-state index contributed by atoms with van der Waals surface area (Å²) in [6.07, 6.45) is 1.75. The number of aliphatic carboxylic acids is 2. The second-order valence-electron chi connectivity index (χ2n) is 1.45. The molecule has 0 rings (SSSR count). The van der Waals surface area contributed by atoms with Gasteiger partial charge in [0, 0.05) is 13.8 Å². The molecule has 0 heterocycles. The Morgan fingerprint density at radius 3 is 1.08 bits per heavy atom. The van der Waals surface area contributed by atoms with Crippen LogP contribution < -0.4 is 12.3 Å².